The normalized spacial score (nSPS) is 16.9. The Labute approximate surface area is 117 Å². The highest BCUT2D eigenvalue weighted by molar-refractivity contribution is 7.99. The quantitative estimate of drug-likeness (QED) is 0.680. The van der Waals surface area contributed by atoms with Gasteiger partial charge in [-0.25, -0.2) is 0 Å². The van der Waals surface area contributed by atoms with Crippen molar-refractivity contribution in [2.24, 2.45) is 11.7 Å². The van der Waals surface area contributed by atoms with E-state index in [0.29, 0.717) is 5.25 Å². The van der Waals surface area contributed by atoms with Gasteiger partial charge in [0.1, 0.15) is 0 Å². The van der Waals surface area contributed by atoms with E-state index >= 15 is 0 Å². The minimum absolute atomic E-state index is 0.257. The first-order chi connectivity index (χ1) is 8.17. The third-order valence-corrected chi connectivity index (χ3v) is 4.15. The van der Waals surface area contributed by atoms with Gasteiger partial charge in [0.05, 0.1) is 5.54 Å². The summed E-state index contributed by atoms with van der Waals surface area (Å²) < 4.78 is 0. The fraction of sp³-hybridized carbons (Fsp3) is 0.929. The largest absolute Gasteiger partial charge is 0.368 e. The molecule has 0 aliphatic carbocycles. The number of carbonyl (C=O) groups is 1. The van der Waals surface area contributed by atoms with E-state index in [1.165, 1.54) is 6.42 Å². The van der Waals surface area contributed by atoms with Crippen LogP contribution in [-0.2, 0) is 4.79 Å². The molecule has 0 spiro atoms. The van der Waals surface area contributed by atoms with Crippen LogP contribution in [0.3, 0.4) is 0 Å². The van der Waals surface area contributed by atoms with Gasteiger partial charge in [-0.15, -0.1) is 0 Å². The summed E-state index contributed by atoms with van der Waals surface area (Å²) in [6.45, 7) is 12.6. The van der Waals surface area contributed by atoms with Crippen LogP contribution in [0.2, 0.25) is 0 Å². The Hall–Kier alpha value is -0.220. The number of nitrogens with two attached hydrogens (primary N) is 1. The molecule has 0 fully saturated rings. The molecule has 0 rings (SSSR count). The molecule has 0 aromatic rings. The predicted molar refractivity (Wildman–Crippen MR) is 81.9 cm³/mol. The highest BCUT2D eigenvalue weighted by Gasteiger charge is 2.33. The maximum Gasteiger partial charge on any atom is 0.237 e. The van der Waals surface area contributed by atoms with E-state index < -0.39 is 5.54 Å². The number of thioether (sulfide) groups is 1. The molecule has 0 aliphatic rings. The van der Waals surface area contributed by atoms with E-state index in [9.17, 15) is 4.79 Å². The van der Waals surface area contributed by atoms with E-state index in [1.54, 1.807) is 0 Å². The first-order valence-electron chi connectivity index (χ1n) is 6.86. The average molecular weight is 274 g/mol. The first-order valence-corrected chi connectivity index (χ1v) is 7.91. The van der Waals surface area contributed by atoms with Gasteiger partial charge in [0.15, 0.2) is 0 Å². The van der Waals surface area contributed by atoms with Gasteiger partial charge >= 0.3 is 0 Å². The molecule has 0 aliphatic heterocycles. The van der Waals surface area contributed by atoms with Crippen LogP contribution in [0.4, 0.5) is 0 Å². The van der Waals surface area contributed by atoms with Crippen LogP contribution in [0, 0.1) is 5.92 Å². The summed E-state index contributed by atoms with van der Waals surface area (Å²) in [7, 11) is 0. The number of carbonyl (C=O) groups excluding carboxylic acids is 1. The van der Waals surface area contributed by atoms with Crippen molar-refractivity contribution in [1.29, 1.82) is 0 Å². The van der Waals surface area contributed by atoms with Crippen molar-refractivity contribution in [3.63, 3.8) is 0 Å². The van der Waals surface area contributed by atoms with Crippen molar-refractivity contribution in [3.8, 4) is 0 Å². The van der Waals surface area contributed by atoms with Gasteiger partial charge in [0.2, 0.25) is 5.91 Å². The summed E-state index contributed by atoms with van der Waals surface area (Å²) in [6.07, 6.45) is 2.00. The molecule has 3 N–H and O–H groups in total. The van der Waals surface area contributed by atoms with Crippen molar-refractivity contribution in [1.82, 2.24) is 5.32 Å². The van der Waals surface area contributed by atoms with E-state index in [0.717, 1.165) is 18.1 Å². The third-order valence-electron chi connectivity index (χ3n) is 2.94. The van der Waals surface area contributed by atoms with Crippen LogP contribution in [0.5, 0.6) is 0 Å². The SMILES string of the molecule is CC(C)CCSC(C)CC(C)(NC(C)C)C(N)=O. The van der Waals surface area contributed by atoms with E-state index in [-0.39, 0.29) is 11.9 Å². The Kier molecular flexibility index (Phi) is 7.95. The standard InChI is InChI=1S/C14H30N2OS/c1-10(2)7-8-18-12(5)9-14(6,13(15)17)16-11(3)4/h10-12,16H,7-9H2,1-6H3,(H2,15,17). The Morgan fingerprint density at radius 3 is 2.22 bits per heavy atom. The van der Waals surface area contributed by atoms with Gasteiger partial charge in [0, 0.05) is 11.3 Å². The lowest BCUT2D eigenvalue weighted by molar-refractivity contribution is -0.124. The summed E-state index contributed by atoms with van der Waals surface area (Å²) in [5.41, 5.74) is 4.93. The molecule has 3 nitrogen and oxygen atoms in total. The number of amides is 1. The van der Waals surface area contributed by atoms with E-state index in [4.69, 9.17) is 5.73 Å². The topological polar surface area (TPSA) is 55.1 Å². The zero-order valence-corrected chi connectivity index (χ0v) is 13.6. The molecule has 0 aromatic carbocycles. The minimum Gasteiger partial charge on any atom is -0.368 e. The number of rotatable bonds is 9. The van der Waals surface area contributed by atoms with Gasteiger partial charge in [-0.3, -0.25) is 4.79 Å². The zero-order valence-electron chi connectivity index (χ0n) is 12.7. The molecule has 2 unspecified atom stereocenters. The Morgan fingerprint density at radius 1 is 1.28 bits per heavy atom. The van der Waals surface area contributed by atoms with Crippen LogP contribution in [0.15, 0.2) is 0 Å². The van der Waals surface area contributed by atoms with Crippen molar-refractivity contribution >= 4 is 17.7 Å². The van der Waals surface area contributed by atoms with Crippen LogP contribution >= 0.6 is 11.8 Å². The molecule has 2 atom stereocenters. The van der Waals surface area contributed by atoms with Gasteiger partial charge in [0.25, 0.3) is 0 Å². The minimum atomic E-state index is -0.599. The molecule has 0 radical (unpaired) electrons. The molecule has 0 bridgehead atoms. The second-order valence-electron chi connectivity index (χ2n) is 6.06. The van der Waals surface area contributed by atoms with E-state index in [1.807, 2.05) is 32.5 Å². The maximum absolute atomic E-state index is 11.6. The van der Waals surface area contributed by atoms with Crippen molar-refractivity contribution in [3.05, 3.63) is 0 Å². The monoisotopic (exact) mass is 274 g/mol. The molecule has 0 saturated heterocycles. The second kappa shape index (κ2) is 8.05. The molecule has 0 heterocycles. The third kappa shape index (κ3) is 7.27. The van der Waals surface area contributed by atoms with Crippen molar-refractivity contribution < 1.29 is 4.79 Å². The number of nitrogens with one attached hydrogen (secondary N) is 1. The van der Waals surface area contributed by atoms with Gasteiger partial charge in [-0.1, -0.05) is 20.8 Å². The Bertz CT molecular complexity index is 256. The summed E-state index contributed by atoms with van der Waals surface area (Å²) >= 11 is 1.93. The van der Waals surface area contributed by atoms with E-state index in [2.05, 4.69) is 26.1 Å². The number of primary amides is 1. The lowest BCUT2D eigenvalue weighted by atomic mass is 9.94. The highest BCUT2D eigenvalue weighted by atomic mass is 32.2. The Morgan fingerprint density at radius 2 is 1.83 bits per heavy atom. The molecule has 18 heavy (non-hydrogen) atoms. The highest BCUT2D eigenvalue weighted by Crippen LogP contribution is 2.23. The van der Waals surface area contributed by atoms with Gasteiger partial charge < -0.3 is 11.1 Å². The maximum atomic E-state index is 11.6. The van der Waals surface area contributed by atoms with Crippen LogP contribution in [0.25, 0.3) is 0 Å². The van der Waals surface area contributed by atoms with Crippen LogP contribution in [-0.4, -0.2) is 28.5 Å². The number of hydrogen-bond donors (Lipinski definition) is 2. The first kappa shape index (κ1) is 17.8. The fourth-order valence-corrected chi connectivity index (χ4v) is 3.47. The summed E-state index contributed by atoms with van der Waals surface area (Å²) in [6, 6.07) is 0.260. The predicted octanol–water partition coefficient (Wildman–Crippen LogP) is 2.79. The number of hydrogen-bond acceptors (Lipinski definition) is 3. The lowest BCUT2D eigenvalue weighted by Gasteiger charge is -2.32. The smallest absolute Gasteiger partial charge is 0.237 e. The van der Waals surface area contributed by atoms with Gasteiger partial charge in [-0.2, -0.15) is 11.8 Å². The molecule has 0 aromatic heterocycles. The molecular formula is C14H30N2OS. The lowest BCUT2D eigenvalue weighted by Crippen LogP contribution is -2.56. The average Bonchev–Trinajstić information content (AvgIpc) is 2.14. The molecule has 0 saturated carbocycles. The molecule has 108 valence electrons. The second-order valence-corrected chi connectivity index (χ2v) is 7.61. The van der Waals surface area contributed by atoms with Crippen LogP contribution < -0.4 is 11.1 Å². The van der Waals surface area contributed by atoms with Crippen molar-refractivity contribution in [2.45, 2.75) is 71.2 Å². The fourth-order valence-electron chi connectivity index (χ4n) is 2.01. The van der Waals surface area contributed by atoms with Gasteiger partial charge in [-0.05, 0) is 45.3 Å². The summed E-state index contributed by atoms with van der Waals surface area (Å²) in [5.74, 6) is 1.63. The summed E-state index contributed by atoms with van der Waals surface area (Å²) in [4.78, 5) is 11.6. The zero-order chi connectivity index (χ0) is 14.3. The molecule has 1 amide bonds. The van der Waals surface area contributed by atoms with Crippen LogP contribution in [0.1, 0.15) is 54.4 Å². The molecular weight excluding hydrogens is 244 g/mol. The summed E-state index contributed by atoms with van der Waals surface area (Å²) in [5, 5.41) is 3.74. The Balaban J connectivity index is 4.28. The van der Waals surface area contributed by atoms with Crippen molar-refractivity contribution in [2.75, 3.05) is 5.75 Å². The molecule has 4 heteroatoms.